The maximum Gasteiger partial charge on any atom is 0.0585 e. The summed E-state index contributed by atoms with van der Waals surface area (Å²) in [6.07, 6.45) is 11.0. The minimum Gasteiger partial charge on any atom is -0.395 e. The van der Waals surface area contributed by atoms with Gasteiger partial charge < -0.3 is 15.3 Å². The van der Waals surface area contributed by atoms with Crippen molar-refractivity contribution in [3.8, 4) is 0 Å². The molecule has 0 amide bonds. The molecule has 0 aromatic carbocycles. The molecule has 112 valence electrons. The van der Waals surface area contributed by atoms with Gasteiger partial charge in [0.15, 0.2) is 0 Å². The van der Waals surface area contributed by atoms with Crippen molar-refractivity contribution in [3.05, 3.63) is 0 Å². The molecule has 3 nitrogen and oxygen atoms in total. The monoisotopic (exact) mass is 268 g/mol. The lowest BCUT2D eigenvalue weighted by molar-refractivity contribution is 0.102. The molecule has 19 heavy (non-hydrogen) atoms. The van der Waals surface area contributed by atoms with Crippen molar-refractivity contribution in [1.29, 1.82) is 0 Å². The summed E-state index contributed by atoms with van der Waals surface area (Å²) in [5.74, 6) is 0. The molecule has 1 saturated carbocycles. The van der Waals surface area contributed by atoms with Crippen molar-refractivity contribution in [2.24, 2.45) is 5.41 Å². The predicted octanol–water partition coefficient (Wildman–Crippen LogP) is 2.39. The molecule has 1 saturated heterocycles. The van der Waals surface area contributed by atoms with Gasteiger partial charge in [-0.15, -0.1) is 0 Å². The highest BCUT2D eigenvalue weighted by molar-refractivity contribution is 4.89. The first-order valence-electron chi connectivity index (χ1n) is 8.34. The molecule has 2 rings (SSSR count). The van der Waals surface area contributed by atoms with Gasteiger partial charge in [-0.1, -0.05) is 19.8 Å². The summed E-state index contributed by atoms with van der Waals surface area (Å²) in [4.78, 5) is 2.61. The molecule has 1 aliphatic heterocycles. The Morgan fingerprint density at radius 1 is 1.16 bits per heavy atom. The van der Waals surface area contributed by atoms with Gasteiger partial charge >= 0.3 is 0 Å². The fourth-order valence-electron chi connectivity index (χ4n) is 3.82. The summed E-state index contributed by atoms with van der Waals surface area (Å²) >= 11 is 0. The number of hydrogen-bond donors (Lipinski definition) is 2. The van der Waals surface area contributed by atoms with Gasteiger partial charge in [-0.25, -0.2) is 0 Å². The molecule has 2 fully saturated rings. The van der Waals surface area contributed by atoms with Crippen molar-refractivity contribution in [1.82, 2.24) is 10.2 Å². The van der Waals surface area contributed by atoms with E-state index in [0.29, 0.717) is 6.04 Å². The van der Waals surface area contributed by atoms with Crippen molar-refractivity contribution in [2.45, 2.75) is 64.3 Å². The van der Waals surface area contributed by atoms with Crippen LogP contribution in [0.15, 0.2) is 0 Å². The highest BCUT2D eigenvalue weighted by Crippen LogP contribution is 2.46. The molecule has 2 aliphatic rings. The second-order valence-electron chi connectivity index (χ2n) is 6.67. The highest BCUT2D eigenvalue weighted by atomic mass is 16.3. The number of rotatable bonds is 7. The molecule has 0 radical (unpaired) electrons. The molecule has 1 heterocycles. The Morgan fingerprint density at radius 2 is 1.84 bits per heavy atom. The Bertz CT molecular complexity index is 241. The number of hydrogen-bond acceptors (Lipinski definition) is 3. The first-order valence-corrected chi connectivity index (χ1v) is 8.34. The van der Waals surface area contributed by atoms with Gasteiger partial charge in [0.2, 0.25) is 0 Å². The molecule has 1 aliphatic carbocycles. The SMILES string of the molecule is CCCNC(CO)CCN1CCC2(CCCC2)CC1. The summed E-state index contributed by atoms with van der Waals surface area (Å²) in [7, 11) is 0. The Morgan fingerprint density at radius 3 is 2.42 bits per heavy atom. The standard InChI is InChI=1S/C16H32N2O/c1-2-10-17-15(14-19)5-11-18-12-8-16(9-13-18)6-3-4-7-16/h15,17,19H,2-14H2,1H3. The van der Waals surface area contributed by atoms with Crippen molar-refractivity contribution in [3.63, 3.8) is 0 Å². The average molecular weight is 268 g/mol. The van der Waals surface area contributed by atoms with Gasteiger partial charge in [-0.3, -0.25) is 0 Å². The van der Waals surface area contributed by atoms with E-state index >= 15 is 0 Å². The molecule has 0 aromatic heterocycles. The topological polar surface area (TPSA) is 35.5 Å². The third kappa shape index (κ3) is 4.44. The van der Waals surface area contributed by atoms with Gasteiger partial charge in [0.05, 0.1) is 6.61 Å². The van der Waals surface area contributed by atoms with E-state index in [0.717, 1.165) is 31.3 Å². The second-order valence-corrected chi connectivity index (χ2v) is 6.67. The molecular formula is C16H32N2O. The zero-order valence-corrected chi connectivity index (χ0v) is 12.7. The smallest absolute Gasteiger partial charge is 0.0585 e. The van der Waals surface area contributed by atoms with Crippen LogP contribution in [0.3, 0.4) is 0 Å². The second kappa shape index (κ2) is 7.61. The van der Waals surface area contributed by atoms with Crippen LogP contribution in [0.5, 0.6) is 0 Å². The van der Waals surface area contributed by atoms with E-state index in [-0.39, 0.29) is 6.61 Å². The molecular weight excluding hydrogens is 236 g/mol. The molecule has 1 spiro atoms. The van der Waals surface area contributed by atoms with Gasteiger partial charge in [-0.05, 0) is 70.1 Å². The van der Waals surface area contributed by atoms with Crippen LogP contribution >= 0.6 is 0 Å². The van der Waals surface area contributed by atoms with Crippen LogP contribution in [0.1, 0.15) is 58.3 Å². The Balaban J connectivity index is 1.64. The predicted molar refractivity (Wildman–Crippen MR) is 80.4 cm³/mol. The van der Waals surface area contributed by atoms with E-state index in [2.05, 4.69) is 17.1 Å². The Hall–Kier alpha value is -0.120. The number of piperidine rings is 1. The zero-order chi connectivity index (χ0) is 13.6. The average Bonchev–Trinajstić information content (AvgIpc) is 2.89. The van der Waals surface area contributed by atoms with Crippen LogP contribution in [0, 0.1) is 5.41 Å². The van der Waals surface area contributed by atoms with Gasteiger partial charge in [0.25, 0.3) is 0 Å². The van der Waals surface area contributed by atoms with Crippen LogP contribution in [0.4, 0.5) is 0 Å². The van der Waals surface area contributed by atoms with Crippen molar-refractivity contribution < 1.29 is 5.11 Å². The number of nitrogens with zero attached hydrogens (tertiary/aromatic N) is 1. The van der Waals surface area contributed by atoms with Crippen molar-refractivity contribution >= 4 is 0 Å². The minimum absolute atomic E-state index is 0.276. The van der Waals surface area contributed by atoms with Crippen molar-refractivity contribution in [2.75, 3.05) is 32.8 Å². The number of aliphatic hydroxyl groups excluding tert-OH is 1. The highest BCUT2D eigenvalue weighted by Gasteiger charge is 2.36. The van der Waals surface area contributed by atoms with Gasteiger partial charge in [0.1, 0.15) is 0 Å². The maximum absolute atomic E-state index is 9.37. The van der Waals surface area contributed by atoms with Crippen LogP contribution < -0.4 is 5.32 Å². The fraction of sp³-hybridized carbons (Fsp3) is 1.00. The summed E-state index contributed by atoms with van der Waals surface area (Å²) in [6, 6.07) is 0.294. The van der Waals surface area contributed by atoms with E-state index in [1.807, 2.05) is 0 Å². The number of likely N-dealkylation sites (tertiary alicyclic amines) is 1. The van der Waals surface area contributed by atoms with Crippen LogP contribution in [0.25, 0.3) is 0 Å². The fourth-order valence-corrected chi connectivity index (χ4v) is 3.82. The summed E-state index contributed by atoms with van der Waals surface area (Å²) < 4.78 is 0. The Kier molecular flexibility index (Phi) is 6.11. The zero-order valence-electron chi connectivity index (χ0n) is 12.7. The summed E-state index contributed by atoms with van der Waals surface area (Å²) in [5.41, 5.74) is 0.730. The molecule has 3 heteroatoms. The summed E-state index contributed by atoms with van der Waals surface area (Å²) in [6.45, 7) is 7.19. The molecule has 0 bridgehead atoms. The lowest BCUT2D eigenvalue weighted by Crippen LogP contribution is -2.42. The number of aliphatic hydroxyl groups is 1. The lowest BCUT2D eigenvalue weighted by atomic mass is 9.77. The molecule has 1 atom stereocenters. The van der Waals surface area contributed by atoms with E-state index in [9.17, 15) is 5.11 Å². The normalized spacial score (nSPS) is 24.9. The first-order chi connectivity index (χ1) is 9.28. The van der Waals surface area contributed by atoms with Crippen LogP contribution in [-0.2, 0) is 0 Å². The third-order valence-corrected chi connectivity index (χ3v) is 5.28. The quantitative estimate of drug-likeness (QED) is 0.744. The van der Waals surface area contributed by atoms with E-state index in [4.69, 9.17) is 0 Å². The largest absolute Gasteiger partial charge is 0.395 e. The Labute approximate surface area is 118 Å². The minimum atomic E-state index is 0.276. The maximum atomic E-state index is 9.37. The third-order valence-electron chi connectivity index (χ3n) is 5.28. The molecule has 0 aromatic rings. The number of nitrogens with one attached hydrogen (secondary N) is 1. The van der Waals surface area contributed by atoms with E-state index in [1.54, 1.807) is 0 Å². The van der Waals surface area contributed by atoms with E-state index < -0.39 is 0 Å². The molecule has 1 unspecified atom stereocenters. The van der Waals surface area contributed by atoms with Gasteiger partial charge in [0, 0.05) is 6.04 Å². The van der Waals surface area contributed by atoms with E-state index in [1.165, 1.54) is 51.6 Å². The first kappa shape index (κ1) is 15.3. The molecule has 2 N–H and O–H groups in total. The van der Waals surface area contributed by atoms with Crippen LogP contribution in [0.2, 0.25) is 0 Å². The van der Waals surface area contributed by atoms with Crippen LogP contribution in [-0.4, -0.2) is 48.8 Å². The lowest BCUT2D eigenvalue weighted by Gasteiger charge is -2.39. The van der Waals surface area contributed by atoms with Gasteiger partial charge in [-0.2, -0.15) is 0 Å². The summed E-state index contributed by atoms with van der Waals surface area (Å²) in [5, 5.41) is 12.8.